The summed E-state index contributed by atoms with van der Waals surface area (Å²) in [7, 11) is 3.54. The Morgan fingerprint density at radius 2 is 2.55 bits per heavy atom. The molecule has 0 aliphatic carbocycles. The van der Waals surface area contributed by atoms with Crippen LogP contribution in [0.4, 0.5) is 0 Å². The molecular formula is C7H12N2S2. The molecule has 0 bridgehead atoms. The molecular weight excluding hydrogens is 176 g/mol. The molecule has 1 aliphatic rings. The smallest absolute Gasteiger partial charge is 0.0840 e. The third-order valence-corrected chi connectivity index (χ3v) is 3.66. The Morgan fingerprint density at radius 3 is 3.18 bits per heavy atom. The van der Waals surface area contributed by atoms with Crippen LogP contribution in [0.5, 0.6) is 0 Å². The van der Waals surface area contributed by atoms with Crippen LogP contribution in [0.1, 0.15) is 12.8 Å². The number of rotatable bonds is 3. The average molecular weight is 188 g/mol. The van der Waals surface area contributed by atoms with E-state index in [4.69, 9.17) is 5.73 Å². The van der Waals surface area contributed by atoms with E-state index in [9.17, 15) is 0 Å². The molecule has 1 heterocycles. The molecule has 0 atom stereocenters. The van der Waals surface area contributed by atoms with Crippen molar-refractivity contribution in [3.8, 4) is 0 Å². The lowest BCUT2D eigenvalue weighted by atomic mass is 10.3. The summed E-state index contributed by atoms with van der Waals surface area (Å²) in [4.78, 5) is 4.24. The fourth-order valence-electron chi connectivity index (χ4n) is 0.703. The predicted octanol–water partition coefficient (Wildman–Crippen LogP) is 2.03. The van der Waals surface area contributed by atoms with Crippen LogP contribution in [0.2, 0.25) is 0 Å². The summed E-state index contributed by atoms with van der Waals surface area (Å²) >= 11 is 0. The first-order valence-electron chi connectivity index (χ1n) is 3.64. The lowest BCUT2D eigenvalue weighted by Gasteiger charge is -2.04. The molecule has 0 unspecified atom stereocenters. The first kappa shape index (κ1) is 9.16. The predicted molar refractivity (Wildman–Crippen MR) is 54.9 cm³/mol. The van der Waals surface area contributed by atoms with Crippen molar-refractivity contribution >= 4 is 26.6 Å². The van der Waals surface area contributed by atoms with Gasteiger partial charge in [-0.1, -0.05) is 16.9 Å². The number of hydrogen-bond acceptors (Lipinski definition) is 4. The maximum absolute atomic E-state index is 5.36. The van der Waals surface area contributed by atoms with Gasteiger partial charge in [-0.15, -0.1) is 0 Å². The Kier molecular flexibility index (Phi) is 4.74. The van der Waals surface area contributed by atoms with Crippen LogP contribution in [0.3, 0.4) is 0 Å². The number of nitrogens with zero attached hydrogens (tertiary/aromatic N) is 1. The van der Waals surface area contributed by atoms with Crippen LogP contribution in [0, 0.1) is 0 Å². The van der Waals surface area contributed by atoms with Gasteiger partial charge in [0.05, 0.1) is 5.04 Å². The van der Waals surface area contributed by atoms with E-state index in [2.05, 4.69) is 11.1 Å². The molecule has 11 heavy (non-hydrogen) atoms. The molecule has 4 heteroatoms. The van der Waals surface area contributed by atoms with Gasteiger partial charge < -0.3 is 5.73 Å². The van der Waals surface area contributed by atoms with Crippen molar-refractivity contribution < 1.29 is 0 Å². The largest absolute Gasteiger partial charge is 0.330 e. The first-order chi connectivity index (χ1) is 5.43. The number of allylic oxidation sites excluding steroid dienone is 1. The van der Waals surface area contributed by atoms with E-state index < -0.39 is 0 Å². The molecule has 1 rings (SSSR count). The maximum atomic E-state index is 5.36. The minimum atomic E-state index is 0.751. The topological polar surface area (TPSA) is 38.4 Å². The second kappa shape index (κ2) is 5.69. The van der Waals surface area contributed by atoms with Gasteiger partial charge in [0.25, 0.3) is 0 Å². The highest BCUT2D eigenvalue weighted by molar-refractivity contribution is 8.82. The van der Waals surface area contributed by atoms with Crippen molar-refractivity contribution in [2.24, 2.45) is 10.7 Å². The molecule has 0 saturated heterocycles. The van der Waals surface area contributed by atoms with Gasteiger partial charge in [0.1, 0.15) is 0 Å². The van der Waals surface area contributed by atoms with Gasteiger partial charge in [0, 0.05) is 24.9 Å². The van der Waals surface area contributed by atoms with Crippen molar-refractivity contribution in [3.63, 3.8) is 0 Å². The van der Waals surface area contributed by atoms with Crippen LogP contribution in [-0.2, 0) is 0 Å². The second-order valence-electron chi connectivity index (χ2n) is 2.14. The van der Waals surface area contributed by atoms with Gasteiger partial charge >= 0.3 is 0 Å². The summed E-state index contributed by atoms with van der Waals surface area (Å²) in [6.45, 7) is 0.751. The molecule has 0 amide bonds. The molecule has 1 aliphatic heterocycles. The fourth-order valence-corrected chi connectivity index (χ4v) is 2.65. The minimum Gasteiger partial charge on any atom is -0.330 e. The van der Waals surface area contributed by atoms with Crippen LogP contribution in [0.15, 0.2) is 17.3 Å². The Hall–Kier alpha value is 0.0700. The van der Waals surface area contributed by atoms with Crippen molar-refractivity contribution in [2.45, 2.75) is 12.8 Å². The second-order valence-corrected chi connectivity index (χ2v) is 4.63. The van der Waals surface area contributed by atoms with E-state index >= 15 is 0 Å². The molecule has 2 nitrogen and oxygen atoms in total. The average Bonchev–Trinajstić information content (AvgIpc) is 2.07. The number of nitrogens with two attached hydrogens (primary N) is 1. The number of hydrogen-bond donors (Lipinski definition) is 1. The molecule has 2 N–H and O–H groups in total. The maximum Gasteiger partial charge on any atom is 0.0840 e. The van der Waals surface area contributed by atoms with Crippen LogP contribution >= 0.6 is 21.6 Å². The van der Waals surface area contributed by atoms with E-state index in [1.54, 1.807) is 21.6 Å². The fraction of sp³-hybridized carbons (Fsp3) is 0.571. The first-order valence-corrected chi connectivity index (χ1v) is 5.96. The van der Waals surface area contributed by atoms with Gasteiger partial charge in [0.2, 0.25) is 0 Å². The van der Waals surface area contributed by atoms with Gasteiger partial charge in [-0.2, -0.15) is 0 Å². The van der Waals surface area contributed by atoms with E-state index in [-0.39, 0.29) is 0 Å². The Bertz CT molecular complexity index is 166. The summed E-state index contributed by atoms with van der Waals surface area (Å²) in [6.07, 6.45) is 6.21. The Balaban J connectivity index is 2.15. The Morgan fingerprint density at radius 1 is 1.64 bits per heavy atom. The van der Waals surface area contributed by atoms with Crippen molar-refractivity contribution in [1.82, 2.24) is 0 Å². The summed E-state index contributed by atoms with van der Waals surface area (Å²) in [6, 6.07) is 0. The third kappa shape index (κ3) is 3.84. The normalized spacial score (nSPS) is 16.6. The van der Waals surface area contributed by atoms with E-state index in [1.165, 1.54) is 5.04 Å². The van der Waals surface area contributed by atoms with E-state index in [1.807, 2.05) is 6.20 Å². The standard InChI is InChI=1S/C7H12N2S2/c8-4-6-10-11-7-3-1-2-5-9-7/h2,5H,1,3-4,6,8H2. The molecule has 62 valence electrons. The van der Waals surface area contributed by atoms with E-state index in [0.29, 0.717) is 0 Å². The van der Waals surface area contributed by atoms with Crippen molar-refractivity contribution in [1.29, 1.82) is 0 Å². The zero-order valence-electron chi connectivity index (χ0n) is 6.32. The summed E-state index contributed by atoms with van der Waals surface area (Å²) in [5.74, 6) is 1.01. The molecule has 0 fully saturated rings. The Labute approximate surface area is 75.1 Å². The highest BCUT2D eigenvalue weighted by atomic mass is 33.1. The molecule has 0 radical (unpaired) electrons. The molecule has 0 spiro atoms. The molecule has 0 saturated carbocycles. The molecule has 0 aromatic carbocycles. The minimum absolute atomic E-state index is 0.751. The van der Waals surface area contributed by atoms with E-state index in [0.717, 1.165) is 25.1 Å². The van der Waals surface area contributed by atoms with Gasteiger partial charge in [0.15, 0.2) is 0 Å². The zero-order valence-corrected chi connectivity index (χ0v) is 7.96. The van der Waals surface area contributed by atoms with Crippen molar-refractivity contribution in [3.05, 3.63) is 12.3 Å². The van der Waals surface area contributed by atoms with Crippen LogP contribution < -0.4 is 5.73 Å². The van der Waals surface area contributed by atoms with Gasteiger partial charge in [-0.25, -0.2) is 0 Å². The summed E-state index contributed by atoms with van der Waals surface area (Å²) in [5, 5.41) is 1.23. The number of aliphatic imine (C=N–C) groups is 1. The molecule has 0 aromatic heterocycles. The molecule has 0 aromatic rings. The summed E-state index contributed by atoms with van der Waals surface area (Å²) in [5.41, 5.74) is 5.36. The zero-order chi connectivity index (χ0) is 7.94. The van der Waals surface area contributed by atoms with Gasteiger partial charge in [-0.3, -0.25) is 4.99 Å². The third-order valence-electron chi connectivity index (χ3n) is 1.21. The summed E-state index contributed by atoms with van der Waals surface area (Å²) < 4.78 is 0. The quantitative estimate of drug-likeness (QED) is 0.544. The SMILES string of the molecule is NCCSSC1=NC=CCC1. The van der Waals surface area contributed by atoms with Crippen molar-refractivity contribution in [2.75, 3.05) is 12.3 Å². The van der Waals surface area contributed by atoms with Gasteiger partial charge in [-0.05, 0) is 17.2 Å². The van der Waals surface area contributed by atoms with Crippen LogP contribution in [0.25, 0.3) is 0 Å². The lowest BCUT2D eigenvalue weighted by molar-refractivity contribution is 1.08. The van der Waals surface area contributed by atoms with Crippen LogP contribution in [-0.4, -0.2) is 17.3 Å². The highest BCUT2D eigenvalue weighted by Crippen LogP contribution is 2.26. The monoisotopic (exact) mass is 188 g/mol. The lowest BCUT2D eigenvalue weighted by Crippen LogP contribution is -2.01. The highest BCUT2D eigenvalue weighted by Gasteiger charge is 2.01.